The minimum atomic E-state index is -0.144. The molecule has 3 N–H and O–H groups in total. The van der Waals surface area contributed by atoms with Gasteiger partial charge < -0.3 is 11.1 Å². The molecule has 0 unspecified atom stereocenters. The van der Waals surface area contributed by atoms with E-state index in [0.717, 1.165) is 32.2 Å². The molecule has 106 valence electrons. The lowest BCUT2D eigenvalue weighted by molar-refractivity contribution is 0.0904. The maximum atomic E-state index is 12.2. The van der Waals surface area contributed by atoms with E-state index in [-0.39, 0.29) is 11.9 Å². The topological polar surface area (TPSA) is 72.9 Å². The lowest BCUT2D eigenvalue weighted by Gasteiger charge is -2.34. The number of nitrogens with zero attached hydrogens (tertiary/aromatic N) is 2. The summed E-state index contributed by atoms with van der Waals surface area (Å²) in [7, 11) is 0. The summed E-state index contributed by atoms with van der Waals surface area (Å²) in [5.41, 5.74) is 7.04. The van der Waals surface area contributed by atoms with Crippen LogP contribution in [-0.4, -0.2) is 21.7 Å². The Balaban J connectivity index is 1.96. The standard InChI is InChI=1S/C14H24N4O/c1-4-18-9-11(15)12(17-18)13(19)16-10-5-7-14(2,3)8-6-10/h9-10H,4-8,15H2,1-3H3,(H,16,19). The predicted molar refractivity (Wildman–Crippen MR) is 75.8 cm³/mol. The number of carbonyl (C=O) groups is 1. The van der Waals surface area contributed by atoms with Crippen LogP contribution in [0, 0.1) is 5.41 Å². The van der Waals surface area contributed by atoms with Crippen LogP contribution in [-0.2, 0) is 6.54 Å². The van der Waals surface area contributed by atoms with E-state index in [2.05, 4.69) is 24.3 Å². The van der Waals surface area contributed by atoms with E-state index in [1.54, 1.807) is 10.9 Å². The van der Waals surface area contributed by atoms with Gasteiger partial charge in [0.25, 0.3) is 5.91 Å². The van der Waals surface area contributed by atoms with Gasteiger partial charge in [0.2, 0.25) is 0 Å². The molecule has 19 heavy (non-hydrogen) atoms. The summed E-state index contributed by atoms with van der Waals surface area (Å²) in [6.07, 6.45) is 6.08. The Morgan fingerprint density at radius 2 is 2.16 bits per heavy atom. The van der Waals surface area contributed by atoms with Crippen LogP contribution in [0.3, 0.4) is 0 Å². The number of carbonyl (C=O) groups excluding carboxylic acids is 1. The van der Waals surface area contributed by atoms with Crippen LogP contribution in [0.1, 0.15) is 56.9 Å². The van der Waals surface area contributed by atoms with Crippen molar-refractivity contribution in [3.05, 3.63) is 11.9 Å². The number of aryl methyl sites for hydroxylation is 1. The first-order chi connectivity index (χ1) is 8.91. The van der Waals surface area contributed by atoms with E-state index < -0.39 is 0 Å². The van der Waals surface area contributed by atoms with Gasteiger partial charge in [-0.2, -0.15) is 5.10 Å². The Hall–Kier alpha value is -1.52. The third kappa shape index (κ3) is 3.28. The second-order valence-electron chi connectivity index (χ2n) is 6.20. The average molecular weight is 264 g/mol. The summed E-state index contributed by atoms with van der Waals surface area (Å²) in [5, 5.41) is 7.26. The zero-order chi connectivity index (χ0) is 14.0. The second-order valence-corrected chi connectivity index (χ2v) is 6.20. The lowest BCUT2D eigenvalue weighted by atomic mass is 9.75. The maximum Gasteiger partial charge on any atom is 0.274 e. The fourth-order valence-electron chi connectivity index (χ4n) is 2.57. The van der Waals surface area contributed by atoms with Crippen molar-refractivity contribution in [3.63, 3.8) is 0 Å². The van der Waals surface area contributed by atoms with Crippen molar-refractivity contribution in [1.82, 2.24) is 15.1 Å². The van der Waals surface area contributed by atoms with E-state index in [1.807, 2.05) is 6.92 Å². The molecule has 0 saturated heterocycles. The van der Waals surface area contributed by atoms with Crippen molar-refractivity contribution >= 4 is 11.6 Å². The van der Waals surface area contributed by atoms with Crippen LogP contribution < -0.4 is 11.1 Å². The molecule has 1 aromatic heterocycles. The number of nitrogens with one attached hydrogen (secondary N) is 1. The zero-order valence-corrected chi connectivity index (χ0v) is 12.1. The molecule has 0 bridgehead atoms. The van der Waals surface area contributed by atoms with Crippen LogP contribution in [0.25, 0.3) is 0 Å². The molecule has 0 atom stereocenters. The first kappa shape index (κ1) is 13.9. The van der Waals surface area contributed by atoms with E-state index in [4.69, 9.17) is 5.73 Å². The smallest absolute Gasteiger partial charge is 0.274 e. The summed E-state index contributed by atoms with van der Waals surface area (Å²) in [5.74, 6) is -0.144. The first-order valence-corrected chi connectivity index (χ1v) is 7.05. The Morgan fingerprint density at radius 3 is 2.68 bits per heavy atom. The molecule has 1 aliphatic carbocycles. The van der Waals surface area contributed by atoms with Crippen LogP contribution >= 0.6 is 0 Å². The maximum absolute atomic E-state index is 12.2. The summed E-state index contributed by atoms with van der Waals surface area (Å²) >= 11 is 0. The van der Waals surface area contributed by atoms with Gasteiger partial charge >= 0.3 is 0 Å². The highest BCUT2D eigenvalue weighted by Gasteiger charge is 2.28. The summed E-state index contributed by atoms with van der Waals surface area (Å²) in [6.45, 7) is 7.25. The Bertz CT molecular complexity index is 454. The molecule has 1 fully saturated rings. The van der Waals surface area contributed by atoms with Gasteiger partial charge in [-0.3, -0.25) is 9.48 Å². The molecule has 1 heterocycles. The third-order valence-electron chi connectivity index (χ3n) is 4.00. The van der Waals surface area contributed by atoms with Gasteiger partial charge in [-0.25, -0.2) is 0 Å². The van der Waals surface area contributed by atoms with Gasteiger partial charge in [0, 0.05) is 18.8 Å². The number of amides is 1. The monoisotopic (exact) mass is 264 g/mol. The number of aromatic nitrogens is 2. The molecule has 5 nitrogen and oxygen atoms in total. The van der Waals surface area contributed by atoms with Crippen LogP contribution in [0.15, 0.2) is 6.20 Å². The molecule has 1 aliphatic rings. The van der Waals surface area contributed by atoms with E-state index in [0.29, 0.717) is 16.8 Å². The quantitative estimate of drug-likeness (QED) is 0.879. The highest BCUT2D eigenvalue weighted by molar-refractivity contribution is 5.97. The minimum Gasteiger partial charge on any atom is -0.396 e. The van der Waals surface area contributed by atoms with Crippen LogP contribution in [0.5, 0.6) is 0 Å². The number of nitrogens with two attached hydrogens (primary N) is 1. The SMILES string of the molecule is CCn1cc(N)c(C(=O)NC2CCC(C)(C)CC2)n1. The number of anilines is 1. The Labute approximate surface area is 114 Å². The highest BCUT2D eigenvalue weighted by atomic mass is 16.2. The van der Waals surface area contributed by atoms with Gasteiger partial charge in [-0.1, -0.05) is 13.8 Å². The fraction of sp³-hybridized carbons (Fsp3) is 0.714. The fourth-order valence-corrected chi connectivity index (χ4v) is 2.57. The molecule has 1 amide bonds. The normalized spacial score (nSPS) is 19.3. The van der Waals surface area contributed by atoms with Crippen molar-refractivity contribution in [3.8, 4) is 0 Å². The predicted octanol–water partition coefficient (Wildman–Crippen LogP) is 2.18. The highest BCUT2D eigenvalue weighted by Crippen LogP contribution is 2.35. The number of hydrogen-bond acceptors (Lipinski definition) is 3. The summed E-state index contributed by atoms with van der Waals surface area (Å²) in [6, 6.07) is 0.256. The first-order valence-electron chi connectivity index (χ1n) is 7.05. The molecule has 0 radical (unpaired) electrons. The van der Waals surface area contributed by atoms with Crippen molar-refractivity contribution < 1.29 is 4.79 Å². The molecule has 2 rings (SSSR count). The second kappa shape index (κ2) is 5.23. The number of hydrogen-bond donors (Lipinski definition) is 2. The van der Waals surface area contributed by atoms with E-state index in [1.165, 1.54) is 0 Å². The van der Waals surface area contributed by atoms with Gasteiger partial charge in [-0.05, 0) is 38.0 Å². The van der Waals surface area contributed by atoms with Gasteiger partial charge in [0.05, 0.1) is 5.69 Å². The third-order valence-corrected chi connectivity index (χ3v) is 4.00. The van der Waals surface area contributed by atoms with Gasteiger partial charge in [0.15, 0.2) is 5.69 Å². The summed E-state index contributed by atoms with van der Waals surface area (Å²) in [4.78, 5) is 12.2. The molecule has 1 aromatic rings. The molecular weight excluding hydrogens is 240 g/mol. The molecule has 0 aromatic carbocycles. The lowest BCUT2D eigenvalue weighted by Crippen LogP contribution is -2.39. The average Bonchev–Trinajstić information content (AvgIpc) is 2.73. The van der Waals surface area contributed by atoms with Crippen molar-refractivity contribution in [1.29, 1.82) is 0 Å². The Morgan fingerprint density at radius 1 is 1.53 bits per heavy atom. The van der Waals surface area contributed by atoms with Crippen molar-refractivity contribution in [2.45, 2.75) is 59.0 Å². The van der Waals surface area contributed by atoms with E-state index >= 15 is 0 Å². The van der Waals surface area contributed by atoms with Gasteiger partial charge in [-0.15, -0.1) is 0 Å². The molecule has 0 aliphatic heterocycles. The van der Waals surface area contributed by atoms with Crippen LogP contribution in [0.4, 0.5) is 5.69 Å². The molecule has 0 spiro atoms. The number of nitrogen functional groups attached to an aromatic ring is 1. The molecule has 5 heteroatoms. The molecular formula is C14H24N4O. The Kier molecular flexibility index (Phi) is 3.83. The summed E-state index contributed by atoms with van der Waals surface area (Å²) < 4.78 is 1.69. The van der Waals surface area contributed by atoms with Gasteiger partial charge in [0.1, 0.15) is 0 Å². The minimum absolute atomic E-state index is 0.144. The van der Waals surface area contributed by atoms with Crippen molar-refractivity contribution in [2.24, 2.45) is 5.41 Å². The van der Waals surface area contributed by atoms with E-state index in [9.17, 15) is 4.79 Å². The zero-order valence-electron chi connectivity index (χ0n) is 12.1. The van der Waals surface area contributed by atoms with Crippen molar-refractivity contribution in [2.75, 3.05) is 5.73 Å². The molecule has 1 saturated carbocycles. The van der Waals surface area contributed by atoms with Crippen LogP contribution in [0.2, 0.25) is 0 Å². The number of rotatable bonds is 3. The largest absolute Gasteiger partial charge is 0.396 e.